The quantitative estimate of drug-likeness (QED) is 0.381. The largest absolute Gasteiger partial charge is 0.489 e. The molecular formula is C33H36FN5O6. The molecule has 2 aromatic carbocycles. The number of likely N-dealkylation sites (tertiary alicyclic amines) is 1. The van der Waals surface area contributed by atoms with Crippen LogP contribution in [0.2, 0.25) is 0 Å². The third-order valence-corrected chi connectivity index (χ3v) is 9.21. The molecule has 3 saturated heterocycles. The first-order valence-electron chi connectivity index (χ1n) is 15.4. The van der Waals surface area contributed by atoms with E-state index in [9.17, 15) is 14.4 Å². The fourth-order valence-electron chi connectivity index (χ4n) is 6.88. The second-order valence-corrected chi connectivity index (χ2v) is 12.2. The van der Waals surface area contributed by atoms with Crippen molar-refractivity contribution >= 4 is 34.4 Å². The lowest BCUT2D eigenvalue weighted by Gasteiger charge is -2.29. The SMILES string of the molecule is COC[C@@H]1CN(Cc2ccc3ccc(N4CCOCC4)nc3c2F)C[C@H]1Oc1ccc2c(c1)CN([C@H]1CCC(=O)NC1=O)C2=O. The Labute approximate surface area is 260 Å². The smallest absolute Gasteiger partial charge is 0.255 e. The molecule has 0 saturated carbocycles. The van der Waals surface area contributed by atoms with E-state index in [1.165, 1.54) is 4.90 Å². The van der Waals surface area contributed by atoms with Gasteiger partial charge in [-0.3, -0.25) is 24.6 Å². The van der Waals surface area contributed by atoms with Crippen LogP contribution in [0, 0.1) is 11.7 Å². The number of carbonyl (C=O) groups excluding carboxylic acids is 3. The number of nitrogens with one attached hydrogen (secondary N) is 1. The molecule has 4 aliphatic rings. The van der Waals surface area contributed by atoms with Crippen molar-refractivity contribution < 1.29 is 33.0 Å². The van der Waals surface area contributed by atoms with Crippen molar-refractivity contribution in [1.29, 1.82) is 0 Å². The number of carbonyl (C=O) groups is 3. The highest BCUT2D eigenvalue weighted by atomic mass is 19.1. The van der Waals surface area contributed by atoms with Crippen LogP contribution in [0.4, 0.5) is 10.2 Å². The zero-order valence-corrected chi connectivity index (χ0v) is 25.2. The van der Waals surface area contributed by atoms with Crippen molar-refractivity contribution in [3.63, 3.8) is 0 Å². The molecule has 45 heavy (non-hydrogen) atoms. The summed E-state index contributed by atoms with van der Waals surface area (Å²) in [6, 6.07) is 12.3. The van der Waals surface area contributed by atoms with Crippen LogP contribution < -0.4 is 15.0 Å². The highest BCUT2D eigenvalue weighted by molar-refractivity contribution is 6.05. The lowest BCUT2D eigenvalue weighted by Crippen LogP contribution is -2.52. The maximum absolute atomic E-state index is 15.9. The highest BCUT2D eigenvalue weighted by Crippen LogP contribution is 2.33. The topological polar surface area (TPSA) is 114 Å². The number of hydrogen-bond acceptors (Lipinski definition) is 9. The Morgan fingerprint density at radius 3 is 2.69 bits per heavy atom. The molecule has 0 bridgehead atoms. The van der Waals surface area contributed by atoms with Gasteiger partial charge in [-0.25, -0.2) is 9.37 Å². The molecule has 0 spiro atoms. The Kier molecular flexibility index (Phi) is 8.11. The van der Waals surface area contributed by atoms with E-state index in [-0.39, 0.29) is 42.6 Å². The number of imide groups is 1. The lowest BCUT2D eigenvalue weighted by molar-refractivity contribution is -0.136. The summed E-state index contributed by atoms with van der Waals surface area (Å²) < 4.78 is 33.3. The number of methoxy groups -OCH3 is 1. The first-order chi connectivity index (χ1) is 21.9. The number of fused-ring (bicyclic) bond motifs is 2. The zero-order chi connectivity index (χ0) is 31.1. The van der Waals surface area contributed by atoms with Gasteiger partial charge in [0, 0.05) is 75.2 Å². The molecule has 12 heteroatoms. The number of morpholine rings is 1. The van der Waals surface area contributed by atoms with Crippen LogP contribution >= 0.6 is 0 Å². The number of benzene rings is 2. The van der Waals surface area contributed by atoms with Gasteiger partial charge < -0.3 is 24.0 Å². The number of aromatic nitrogens is 1. The Morgan fingerprint density at radius 1 is 1.07 bits per heavy atom. The van der Waals surface area contributed by atoms with Crippen LogP contribution in [0.3, 0.4) is 0 Å². The first kappa shape index (κ1) is 29.6. The van der Waals surface area contributed by atoms with E-state index in [2.05, 4.69) is 15.1 Å². The minimum atomic E-state index is -0.668. The minimum absolute atomic E-state index is 0.0550. The molecule has 4 aliphatic heterocycles. The van der Waals surface area contributed by atoms with E-state index in [1.54, 1.807) is 19.2 Å². The maximum Gasteiger partial charge on any atom is 0.255 e. The molecule has 7 rings (SSSR count). The average Bonchev–Trinajstić information content (AvgIpc) is 3.57. The Bertz CT molecular complexity index is 1650. The molecule has 3 fully saturated rings. The minimum Gasteiger partial charge on any atom is -0.489 e. The Hall–Kier alpha value is -4.13. The summed E-state index contributed by atoms with van der Waals surface area (Å²) in [6.45, 7) is 5.14. The molecule has 0 aliphatic carbocycles. The summed E-state index contributed by atoms with van der Waals surface area (Å²) in [5.41, 5.74) is 2.26. The molecule has 236 valence electrons. The van der Waals surface area contributed by atoms with Crippen molar-refractivity contribution in [3.8, 4) is 5.75 Å². The van der Waals surface area contributed by atoms with Crippen LogP contribution in [-0.4, -0.2) is 97.8 Å². The van der Waals surface area contributed by atoms with Crippen molar-refractivity contribution in [3.05, 3.63) is 65.0 Å². The van der Waals surface area contributed by atoms with E-state index in [0.717, 1.165) is 29.9 Å². The van der Waals surface area contributed by atoms with E-state index in [1.807, 2.05) is 30.3 Å². The fraction of sp³-hybridized carbons (Fsp3) is 0.455. The Morgan fingerprint density at radius 2 is 1.89 bits per heavy atom. The van der Waals surface area contributed by atoms with Crippen molar-refractivity contribution in [2.24, 2.45) is 5.92 Å². The van der Waals surface area contributed by atoms with Crippen LogP contribution in [0.25, 0.3) is 10.9 Å². The van der Waals surface area contributed by atoms with Crippen LogP contribution in [0.1, 0.15) is 34.3 Å². The lowest BCUT2D eigenvalue weighted by atomic mass is 10.0. The second-order valence-electron chi connectivity index (χ2n) is 12.2. The molecule has 5 heterocycles. The average molecular weight is 618 g/mol. The van der Waals surface area contributed by atoms with Gasteiger partial charge >= 0.3 is 0 Å². The molecule has 3 aromatic rings. The second kappa shape index (κ2) is 12.3. The van der Waals surface area contributed by atoms with Crippen LogP contribution in [0.5, 0.6) is 5.75 Å². The van der Waals surface area contributed by atoms with Crippen molar-refractivity contribution in [2.75, 3.05) is 58.0 Å². The molecule has 11 nitrogen and oxygen atoms in total. The molecule has 3 amide bonds. The monoisotopic (exact) mass is 617 g/mol. The van der Waals surface area contributed by atoms with Gasteiger partial charge in [-0.1, -0.05) is 12.1 Å². The molecular weight excluding hydrogens is 581 g/mol. The molecule has 3 atom stereocenters. The molecule has 1 aromatic heterocycles. The van der Waals surface area contributed by atoms with Gasteiger partial charge in [-0.05, 0) is 42.3 Å². The highest BCUT2D eigenvalue weighted by Gasteiger charge is 2.40. The summed E-state index contributed by atoms with van der Waals surface area (Å²) in [5.74, 6) is 0.154. The summed E-state index contributed by atoms with van der Waals surface area (Å²) >= 11 is 0. The van der Waals surface area contributed by atoms with Gasteiger partial charge in [0.2, 0.25) is 11.8 Å². The predicted octanol–water partition coefficient (Wildman–Crippen LogP) is 2.50. The normalized spacial score (nSPS) is 24.0. The number of anilines is 1. The standard InChI is InChI=1S/C33H36FN5O6/c1-43-19-23-16-37(15-21-3-2-20-4-8-28(35-31(20)30(21)34)38-10-12-44-13-11-38)18-27(23)45-24-5-6-25-22(14-24)17-39(33(25)42)26-7-9-29(40)36-32(26)41/h2-6,8,14,23,26-27H,7,9-13,15-19H2,1H3,(H,36,40,41)/t23-,26-,27+/m0/s1. The van der Waals surface area contributed by atoms with Gasteiger partial charge in [-0.15, -0.1) is 0 Å². The molecule has 1 N–H and O–H groups in total. The van der Waals surface area contributed by atoms with Gasteiger partial charge in [0.15, 0.2) is 5.82 Å². The number of piperidine rings is 1. The van der Waals surface area contributed by atoms with Gasteiger partial charge in [0.25, 0.3) is 5.91 Å². The maximum atomic E-state index is 15.9. The van der Waals surface area contributed by atoms with E-state index >= 15 is 4.39 Å². The molecule has 0 unspecified atom stereocenters. The number of ether oxygens (including phenoxy) is 3. The number of nitrogens with zero attached hydrogens (tertiary/aromatic N) is 4. The van der Waals surface area contributed by atoms with Gasteiger partial charge in [0.1, 0.15) is 29.2 Å². The summed E-state index contributed by atoms with van der Waals surface area (Å²) in [4.78, 5) is 47.6. The number of amides is 3. The zero-order valence-electron chi connectivity index (χ0n) is 25.2. The van der Waals surface area contributed by atoms with Crippen molar-refractivity contribution in [1.82, 2.24) is 20.1 Å². The third kappa shape index (κ3) is 5.85. The number of halogens is 1. The van der Waals surface area contributed by atoms with E-state index in [4.69, 9.17) is 19.2 Å². The van der Waals surface area contributed by atoms with E-state index < -0.39 is 11.9 Å². The number of rotatable bonds is 8. The summed E-state index contributed by atoms with van der Waals surface area (Å²) in [7, 11) is 1.66. The van der Waals surface area contributed by atoms with Crippen LogP contribution in [0.15, 0.2) is 42.5 Å². The fourth-order valence-corrected chi connectivity index (χ4v) is 6.88. The summed E-state index contributed by atoms with van der Waals surface area (Å²) in [6.07, 6.45) is 0.313. The van der Waals surface area contributed by atoms with Gasteiger partial charge in [0.05, 0.1) is 19.8 Å². The third-order valence-electron chi connectivity index (χ3n) is 9.21. The predicted molar refractivity (Wildman–Crippen MR) is 162 cm³/mol. The van der Waals surface area contributed by atoms with E-state index in [0.29, 0.717) is 68.3 Å². The summed E-state index contributed by atoms with van der Waals surface area (Å²) in [5, 5.41) is 3.10. The molecule has 0 radical (unpaired) electrons. The Balaban J connectivity index is 1.05. The number of hydrogen-bond donors (Lipinski definition) is 1. The number of pyridine rings is 1. The first-order valence-corrected chi connectivity index (χ1v) is 15.4. The van der Waals surface area contributed by atoms with Gasteiger partial charge in [-0.2, -0.15) is 0 Å². The van der Waals surface area contributed by atoms with Crippen molar-refractivity contribution in [2.45, 2.75) is 38.1 Å². The van der Waals surface area contributed by atoms with Crippen LogP contribution in [-0.2, 0) is 32.2 Å².